The Bertz CT molecular complexity index is 647. The number of rotatable bonds is 2. The summed E-state index contributed by atoms with van der Waals surface area (Å²) in [6.07, 6.45) is 0. The van der Waals surface area contributed by atoms with Crippen LogP contribution in [-0.2, 0) is 0 Å². The van der Waals surface area contributed by atoms with Gasteiger partial charge < -0.3 is 5.32 Å². The summed E-state index contributed by atoms with van der Waals surface area (Å²) in [5, 5.41) is 2.57. The zero-order valence-electron chi connectivity index (χ0n) is 9.38. The second-order valence-corrected chi connectivity index (χ2v) is 5.33. The molecule has 0 aliphatic carbocycles. The predicted molar refractivity (Wildman–Crippen MR) is 76.2 cm³/mol. The quantitative estimate of drug-likeness (QED) is 0.788. The smallest absolute Gasteiger partial charge is 0.256 e. The summed E-state index contributed by atoms with van der Waals surface area (Å²) >= 11 is 6.16. The lowest BCUT2D eigenvalue weighted by Crippen LogP contribution is -2.13. The number of benzene rings is 2. The van der Waals surface area contributed by atoms with Gasteiger partial charge in [0.25, 0.3) is 5.91 Å². The molecule has 0 aliphatic rings. The van der Waals surface area contributed by atoms with Gasteiger partial charge in [0.05, 0.1) is 15.7 Å². The molecule has 1 amide bonds. The van der Waals surface area contributed by atoms with E-state index >= 15 is 0 Å². The highest BCUT2D eigenvalue weighted by atomic mass is 79.9. The third kappa shape index (κ3) is 3.19. The van der Waals surface area contributed by atoms with E-state index in [0.29, 0.717) is 10.2 Å². The number of halogens is 4. The van der Waals surface area contributed by atoms with E-state index < -0.39 is 17.5 Å². The summed E-state index contributed by atoms with van der Waals surface area (Å²) in [5.41, 5.74) is 0.568. The number of carbonyl (C=O) groups excluding carboxylic acids is 1. The van der Waals surface area contributed by atoms with Crippen molar-refractivity contribution in [1.29, 1.82) is 0 Å². The van der Waals surface area contributed by atoms with Crippen LogP contribution in [0.2, 0.25) is 0 Å². The minimum Gasteiger partial charge on any atom is -0.321 e. The minimum absolute atomic E-state index is 0.0886. The Hall–Kier alpha value is -1.27. The van der Waals surface area contributed by atoms with Gasteiger partial charge in [-0.15, -0.1) is 0 Å². The normalized spacial score (nSPS) is 10.3. The Morgan fingerprint density at radius 2 is 1.84 bits per heavy atom. The molecule has 0 heterocycles. The first-order chi connectivity index (χ1) is 8.99. The van der Waals surface area contributed by atoms with Crippen LogP contribution in [0.25, 0.3) is 0 Å². The lowest BCUT2D eigenvalue weighted by molar-refractivity contribution is 0.102. The van der Waals surface area contributed by atoms with Crippen molar-refractivity contribution in [2.75, 3.05) is 5.32 Å². The molecule has 2 nitrogen and oxygen atoms in total. The standard InChI is InChI=1S/C13H7Br2F2NO/c14-9-6-7(16)4-5-11(9)18-13(19)8-2-1-3-10(17)12(8)15/h1-6H,(H,18,19). The minimum atomic E-state index is -0.522. The number of anilines is 1. The van der Waals surface area contributed by atoms with Crippen molar-refractivity contribution < 1.29 is 13.6 Å². The summed E-state index contributed by atoms with van der Waals surface area (Å²) in [6, 6.07) is 8.05. The average molecular weight is 391 g/mol. The molecule has 2 rings (SSSR count). The fourth-order valence-corrected chi connectivity index (χ4v) is 2.35. The molecule has 0 aromatic heterocycles. The van der Waals surface area contributed by atoms with Crippen molar-refractivity contribution in [3.05, 3.63) is 62.5 Å². The van der Waals surface area contributed by atoms with E-state index in [9.17, 15) is 13.6 Å². The molecule has 0 aliphatic heterocycles. The molecule has 19 heavy (non-hydrogen) atoms. The summed E-state index contributed by atoms with van der Waals surface area (Å²) in [6.45, 7) is 0. The molecule has 0 fully saturated rings. The Morgan fingerprint density at radius 3 is 2.53 bits per heavy atom. The fourth-order valence-electron chi connectivity index (χ4n) is 1.46. The maximum Gasteiger partial charge on any atom is 0.256 e. The van der Waals surface area contributed by atoms with Gasteiger partial charge in [0, 0.05) is 4.47 Å². The van der Waals surface area contributed by atoms with E-state index in [1.54, 1.807) is 0 Å². The summed E-state index contributed by atoms with van der Waals surface area (Å²) in [7, 11) is 0. The van der Waals surface area contributed by atoms with Crippen LogP contribution >= 0.6 is 31.9 Å². The van der Waals surface area contributed by atoms with Gasteiger partial charge in [-0.3, -0.25) is 4.79 Å². The van der Waals surface area contributed by atoms with Crippen LogP contribution in [0, 0.1) is 11.6 Å². The first kappa shape index (κ1) is 14.1. The first-order valence-corrected chi connectivity index (χ1v) is 6.78. The number of amides is 1. The van der Waals surface area contributed by atoms with Gasteiger partial charge in [-0.25, -0.2) is 8.78 Å². The van der Waals surface area contributed by atoms with Gasteiger partial charge in [-0.1, -0.05) is 6.07 Å². The van der Waals surface area contributed by atoms with Crippen molar-refractivity contribution in [2.45, 2.75) is 0 Å². The molecular weight excluding hydrogens is 384 g/mol. The van der Waals surface area contributed by atoms with Gasteiger partial charge in [0.1, 0.15) is 11.6 Å². The third-order valence-corrected chi connectivity index (χ3v) is 3.84. The van der Waals surface area contributed by atoms with Crippen molar-refractivity contribution in [3.63, 3.8) is 0 Å². The highest BCUT2D eigenvalue weighted by Gasteiger charge is 2.14. The SMILES string of the molecule is O=C(Nc1ccc(F)cc1Br)c1cccc(F)c1Br. The molecular formula is C13H7Br2F2NO. The van der Waals surface area contributed by atoms with Crippen molar-refractivity contribution in [2.24, 2.45) is 0 Å². The van der Waals surface area contributed by atoms with E-state index in [0.717, 1.165) is 0 Å². The summed E-state index contributed by atoms with van der Waals surface area (Å²) < 4.78 is 26.7. The largest absolute Gasteiger partial charge is 0.321 e. The maximum atomic E-state index is 13.3. The topological polar surface area (TPSA) is 29.1 Å². The lowest BCUT2D eigenvalue weighted by atomic mass is 10.2. The second-order valence-electron chi connectivity index (χ2n) is 3.68. The number of carbonyl (C=O) groups is 1. The van der Waals surface area contributed by atoms with E-state index in [-0.39, 0.29) is 10.0 Å². The average Bonchev–Trinajstić information content (AvgIpc) is 2.36. The van der Waals surface area contributed by atoms with Crippen LogP contribution < -0.4 is 5.32 Å². The maximum absolute atomic E-state index is 13.3. The van der Waals surface area contributed by atoms with Crippen LogP contribution in [0.3, 0.4) is 0 Å². The molecule has 1 N–H and O–H groups in total. The second kappa shape index (κ2) is 5.79. The van der Waals surface area contributed by atoms with Gasteiger partial charge in [-0.05, 0) is 62.2 Å². The van der Waals surface area contributed by atoms with E-state index in [1.165, 1.54) is 36.4 Å². The number of hydrogen-bond donors (Lipinski definition) is 1. The molecule has 2 aromatic rings. The monoisotopic (exact) mass is 389 g/mol. The molecule has 0 atom stereocenters. The zero-order chi connectivity index (χ0) is 14.0. The molecule has 98 valence electrons. The first-order valence-electron chi connectivity index (χ1n) is 5.19. The highest BCUT2D eigenvalue weighted by Crippen LogP contribution is 2.25. The van der Waals surface area contributed by atoms with Gasteiger partial charge in [0.15, 0.2) is 0 Å². The van der Waals surface area contributed by atoms with Gasteiger partial charge in [-0.2, -0.15) is 0 Å². The predicted octanol–water partition coefficient (Wildman–Crippen LogP) is 4.74. The third-order valence-electron chi connectivity index (χ3n) is 2.38. The van der Waals surface area contributed by atoms with Crippen LogP contribution in [0.4, 0.5) is 14.5 Å². The van der Waals surface area contributed by atoms with Crippen LogP contribution in [-0.4, -0.2) is 5.91 Å². The molecule has 0 saturated carbocycles. The Morgan fingerprint density at radius 1 is 1.11 bits per heavy atom. The van der Waals surface area contributed by atoms with E-state index in [4.69, 9.17) is 0 Å². The molecule has 6 heteroatoms. The Kier molecular flexibility index (Phi) is 4.31. The van der Waals surface area contributed by atoms with Crippen LogP contribution in [0.1, 0.15) is 10.4 Å². The van der Waals surface area contributed by atoms with E-state index in [1.807, 2.05) is 0 Å². The van der Waals surface area contributed by atoms with Gasteiger partial charge >= 0.3 is 0 Å². The number of nitrogens with one attached hydrogen (secondary N) is 1. The van der Waals surface area contributed by atoms with Crippen LogP contribution in [0.15, 0.2) is 45.3 Å². The molecule has 0 bridgehead atoms. The molecule has 0 radical (unpaired) electrons. The zero-order valence-corrected chi connectivity index (χ0v) is 12.6. The fraction of sp³-hybridized carbons (Fsp3) is 0. The summed E-state index contributed by atoms with van der Waals surface area (Å²) in [4.78, 5) is 12.0. The van der Waals surface area contributed by atoms with E-state index in [2.05, 4.69) is 37.2 Å². The van der Waals surface area contributed by atoms with Gasteiger partial charge in [0.2, 0.25) is 0 Å². The highest BCUT2D eigenvalue weighted by molar-refractivity contribution is 9.11. The van der Waals surface area contributed by atoms with Crippen molar-refractivity contribution >= 4 is 43.5 Å². The molecule has 0 unspecified atom stereocenters. The van der Waals surface area contributed by atoms with Crippen molar-refractivity contribution in [3.8, 4) is 0 Å². The van der Waals surface area contributed by atoms with Crippen LogP contribution in [0.5, 0.6) is 0 Å². The number of hydrogen-bond acceptors (Lipinski definition) is 1. The molecule has 0 spiro atoms. The Balaban J connectivity index is 2.28. The summed E-state index contributed by atoms with van der Waals surface area (Å²) in [5.74, 6) is -1.43. The van der Waals surface area contributed by atoms with Crippen molar-refractivity contribution in [1.82, 2.24) is 0 Å². The molecule has 2 aromatic carbocycles. The molecule has 0 saturated heterocycles. The Labute approximate surface area is 125 Å². The lowest BCUT2D eigenvalue weighted by Gasteiger charge is -2.09.